The Labute approximate surface area is 180 Å². The first-order valence-corrected chi connectivity index (χ1v) is 9.60. The maximum Gasteiger partial charge on any atom is 0.413 e. The molecule has 0 bridgehead atoms. The highest BCUT2D eigenvalue weighted by molar-refractivity contribution is 6.31. The molecule has 0 heterocycles. The number of nitrogens with one attached hydrogen (secondary N) is 1. The number of benzene rings is 1. The zero-order valence-corrected chi connectivity index (χ0v) is 18.8. The van der Waals surface area contributed by atoms with Crippen LogP contribution in [0.1, 0.15) is 46.4 Å². The molecule has 2 atom stereocenters. The van der Waals surface area contributed by atoms with Gasteiger partial charge in [0.2, 0.25) is 0 Å². The number of carbonyl (C=O) groups excluding carboxylic acids is 3. The van der Waals surface area contributed by atoms with Crippen molar-refractivity contribution in [3.05, 3.63) is 28.8 Å². The predicted molar refractivity (Wildman–Crippen MR) is 110 cm³/mol. The highest BCUT2D eigenvalue weighted by Gasteiger charge is 2.27. The van der Waals surface area contributed by atoms with Gasteiger partial charge in [0.05, 0.1) is 12.2 Å². The van der Waals surface area contributed by atoms with Crippen molar-refractivity contribution in [1.82, 2.24) is 4.90 Å². The largest absolute Gasteiger partial charge is 0.459 e. The minimum atomic E-state index is -0.999. The number of alkyl halides is 1. The van der Waals surface area contributed by atoms with E-state index in [1.165, 1.54) is 24.8 Å². The van der Waals surface area contributed by atoms with Crippen molar-refractivity contribution in [2.45, 2.75) is 52.0 Å². The van der Waals surface area contributed by atoms with Crippen LogP contribution in [0.3, 0.4) is 0 Å². The van der Waals surface area contributed by atoms with Gasteiger partial charge in [-0.3, -0.25) is 19.8 Å². The van der Waals surface area contributed by atoms with E-state index in [1.807, 2.05) is 0 Å². The van der Waals surface area contributed by atoms with Crippen molar-refractivity contribution < 1.29 is 28.6 Å². The van der Waals surface area contributed by atoms with Gasteiger partial charge in [0.15, 0.2) is 11.8 Å². The molecular formula is C19H26Cl2N2O6. The molecule has 1 aromatic carbocycles. The predicted octanol–water partition coefficient (Wildman–Crippen LogP) is 4.31. The van der Waals surface area contributed by atoms with Crippen molar-refractivity contribution in [3.63, 3.8) is 0 Å². The summed E-state index contributed by atoms with van der Waals surface area (Å²) in [5, 5.41) is 2.85. The standard InChI is InChI=1S/C19H26Cl2N2O6/c1-11(20)27-18(26)22-15-9-13(21)7-8-14(15)17(28-12(2)24)23(6)10-16(25)29-19(3,4)5/h7-9,11,17H,10H2,1-6H3,(H,22,26). The lowest BCUT2D eigenvalue weighted by atomic mass is 10.1. The Morgan fingerprint density at radius 3 is 2.34 bits per heavy atom. The second-order valence-corrected chi connectivity index (χ2v) is 8.32. The Hall–Kier alpha value is -2.03. The summed E-state index contributed by atoms with van der Waals surface area (Å²) in [6.45, 7) is 7.80. The topological polar surface area (TPSA) is 94.2 Å². The van der Waals surface area contributed by atoms with Crippen molar-refractivity contribution >= 4 is 46.9 Å². The van der Waals surface area contributed by atoms with Crippen molar-refractivity contribution in [2.75, 3.05) is 18.9 Å². The fourth-order valence-corrected chi connectivity index (χ4v) is 2.60. The summed E-state index contributed by atoms with van der Waals surface area (Å²) in [5.41, 5.74) is -0.891. The van der Waals surface area contributed by atoms with Gasteiger partial charge in [0.25, 0.3) is 0 Å². The van der Waals surface area contributed by atoms with E-state index in [9.17, 15) is 14.4 Å². The number of likely N-dealkylation sites (N-methyl/N-ethyl adjacent to an activating group) is 1. The summed E-state index contributed by atoms with van der Waals surface area (Å²) in [5.74, 6) is -1.08. The van der Waals surface area contributed by atoms with Crippen LogP contribution in [0.5, 0.6) is 0 Å². The van der Waals surface area contributed by atoms with Crippen molar-refractivity contribution in [1.29, 1.82) is 0 Å². The summed E-state index contributed by atoms with van der Waals surface area (Å²) in [6.07, 6.45) is -1.81. The van der Waals surface area contributed by atoms with Crippen LogP contribution in [0.15, 0.2) is 18.2 Å². The first-order valence-electron chi connectivity index (χ1n) is 8.79. The smallest absolute Gasteiger partial charge is 0.413 e. The fraction of sp³-hybridized carbons (Fsp3) is 0.526. The number of hydrogen-bond acceptors (Lipinski definition) is 7. The molecule has 29 heavy (non-hydrogen) atoms. The van der Waals surface area contributed by atoms with Crippen LogP contribution >= 0.6 is 23.2 Å². The molecule has 0 aliphatic rings. The average molecular weight is 449 g/mol. The Balaban J connectivity index is 3.18. The second kappa shape index (κ2) is 10.7. The number of rotatable bonds is 7. The summed E-state index contributed by atoms with van der Waals surface area (Å²) >= 11 is 11.7. The lowest BCUT2D eigenvalue weighted by Gasteiger charge is -2.29. The lowest BCUT2D eigenvalue weighted by molar-refractivity contribution is -0.166. The molecular weight excluding hydrogens is 423 g/mol. The summed E-state index contributed by atoms with van der Waals surface area (Å²) in [6, 6.07) is 4.60. The van der Waals surface area contributed by atoms with E-state index in [0.717, 1.165) is 0 Å². The van der Waals surface area contributed by atoms with E-state index in [0.29, 0.717) is 10.6 Å². The van der Waals surface area contributed by atoms with Gasteiger partial charge in [-0.1, -0.05) is 29.3 Å². The molecule has 1 rings (SSSR count). The first-order chi connectivity index (χ1) is 13.3. The number of nitrogens with zero attached hydrogens (tertiary/aromatic N) is 1. The summed E-state index contributed by atoms with van der Waals surface area (Å²) < 4.78 is 15.6. The van der Waals surface area contributed by atoms with Gasteiger partial charge in [-0.15, -0.1) is 0 Å². The highest BCUT2D eigenvalue weighted by atomic mass is 35.5. The SMILES string of the molecule is CC(=O)OC(c1ccc(Cl)cc1NC(=O)OC(C)Cl)N(C)CC(=O)OC(C)(C)C. The van der Waals surface area contributed by atoms with E-state index < -0.39 is 35.4 Å². The molecule has 0 saturated heterocycles. The maximum absolute atomic E-state index is 12.2. The van der Waals surface area contributed by atoms with Crippen LogP contribution in [0.4, 0.5) is 10.5 Å². The Morgan fingerprint density at radius 2 is 1.83 bits per heavy atom. The molecule has 1 N–H and O–H groups in total. The zero-order valence-electron chi connectivity index (χ0n) is 17.2. The van der Waals surface area contributed by atoms with Gasteiger partial charge in [-0.25, -0.2) is 4.79 Å². The van der Waals surface area contributed by atoms with E-state index in [4.69, 9.17) is 37.4 Å². The molecule has 0 fully saturated rings. The number of hydrogen-bond donors (Lipinski definition) is 1. The molecule has 162 valence electrons. The highest BCUT2D eigenvalue weighted by Crippen LogP contribution is 2.31. The van der Waals surface area contributed by atoms with Gasteiger partial charge in [0, 0.05) is 17.5 Å². The first kappa shape index (κ1) is 25.0. The molecule has 0 saturated carbocycles. The fourth-order valence-electron chi connectivity index (χ4n) is 2.35. The molecule has 2 unspecified atom stereocenters. The number of ether oxygens (including phenoxy) is 3. The molecule has 1 amide bonds. The van der Waals surface area contributed by atoms with Crippen LogP contribution in [-0.4, -0.2) is 47.7 Å². The van der Waals surface area contributed by atoms with Gasteiger partial charge in [-0.2, -0.15) is 0 Å². The second-order valence-electron chi connectivity index (χ2n) is 7.27. The van der Waals surface area contributed by atoms with Crippen LogP contribution in [-0.2, 0) is 23.8 Å². The minimum Gasteiger partial charge on any atom is -0.459 e. The Morgan fingerprint density at radius 1 is 1.21 bits per heavy atom. The summed E-state index contributed by atoms with van der Waals surface area (Å²) in [4.78, 5) is 37.3. The Bertz CT molecular complexity index is 749. The van der Waals surface area contributed by atoms with Crippen molar-refractivity contribution in [3.8, 4) is 0 Å². The van der Waals surface area contributed by atoms with Crippen LogP contribution in [0.2, 0.25) is 5.02 Å². The molecule has 0 aliphatic heterocycles. The Kier molecular flexibility index (Phi) is 9.19. The van der Waals surface area contributed by atoms with E-state index in [1.54, 1.807) is 40.0 Å². The molecule has 0 aliphatic carbocycles. The van der Waals surface area contributed by atoms with Crippen LogP contribution in [0, 0.1) is 0 Å². The van der Waals surface area contributed by atoms with Gasteiger partial charge >= 0.3 is 18.0 Å². The number of esters is 2. The third-order valence-electron chi connectivity index (χ3n) is 3.26. The van der Waals surface area contributed by atoms with Gasteiger partial charge in [-0.05, 0) is 46.9 Å². The van der Waals surface area contributed by atoms with Gasteiger partial charge < -0.3 is 14.2 Å². The third kappa shape index (κ3) is 9.34. The van der Waals surface area contributed by atoms with Crippen LogP contribution in [0.25, 0.3) is 0 Å². The summed E-state index contributed by atoms with van der Waals surface area (Å²) in [7, 11) is 1.58. The molecule has 8 nitrogen and oxygen atoms in total. The quantitative estimate of drug-likeness (QED) is 0.287. The van der Waals surface area contributed by atoms with E-state index in [-0.39, 0.29) is 12.2 Å². The normalized spacial score (nSPS) is 13.4. The zero-order chi connectivity index (χ0) is 22.4. The minimum absolute atomic E-state index is 0.166. The number of amides is 1. The molecule has 0 radical (unpaired) electrons. The average Bonchev–Trinajstić information content (AvgIpc) is 2.50. The number of halogens is 2. The number of carbonyl (C=O) groups is 3. The maximum atomic E-state index is 12.2. The van der Waals surface area contributed by atoms with E-state index >= 15 is 0 Å². The molecule has 0 spiro atoms. The number of anilines is 1. The molecule has 10 heteroatoms. The van der Waals surface area contributed by atoms with Crippen LogP contribution < -0.4 is 5.32 Å². The van der Waals surface area contributed by atoms with Crippen molar-refractivity contribution in [2.24, 2.45) is 0 Å². The monoisotopic (exact) mass is 448 g/mol. The van der Waals surface area contributed by atoms with E-state index in [2.05, 4.69) is 5.32 Å². The third-order valence-corrected chi connectivity index (χ3v) is 3.59. The lowest BCUT2D eigenvalue weighted by Crippen LogP contribution is -2.36. The molecule has 1 aromatic rings. The van der Waals surface area contributed by atoms with Gasteiger partial charge in [0.1, 0.15) is 5.60 Å². The molecule has 0 aromatic heterocycles.